The Hall–Kier alpha value is -2.65. The van der Waals surface area contributed by atoms with Crippen LogP contribution in [0.5, 0.6) is 0 Å². The maximum absolute atomic E-state index is 12.9. The Balaban J connectivity index is 1.80. The fourth-order valence-corrected chi connectivity index (χ4v) is 3.40. The predicted octanol–water partition coefficient (Wildman–Crippen LogP) is 1.63. The molecule has 1 fully saturated rings. The van der Waals surface area contributed by atoms with E-state index in [4.69, 9.17) is 0 Å². The van der Waals surface area contributed by atoms with Gasteiger partial charge in [-0.05, 0) is 42.9 Å². The second kappa shape index (κ2) is 9.44. The van der Waals surface area contributed by atoms with E-state index in [1.807, 2.05) is 30.3 Å². The van der Waals surface area contributed by atoms with Crippen molar-refractivity contribution in [3.8, 4) is 0 Å². The minimum atomic E-state index is -3.53. The molecule has 0 spiro atoms. The van der Waals surface area contributed by atoms with Crippen molar-refractivity contribution in [1.82, 2.24) is 10.3 Å². The van der Waals surface area contributed by atoms with Crippen LogP contribution in [0.15, 0.2) is 42.5 Å². The van der Waals surface area contributed by atoms with E-state index in [1.165, 1.54) is 13.1 Å². The van der Waals surface area contributed by atoms with Gasteiger partial charge in [0.2, 0.25) is 10.0 Å². The van der Waals surface area contributed by atoms with Crippen molar-refractivity contribution in [3.05, 3.63) is 53.6 Å². The van der Waals surface area contributed by atoms with Crippen LogP contribution in [0.4, 0.5) is 11.6 Å². The monoisotopic (exact) mass is 432 g/mol. The number of amides is 1. The number of aliphatic hydroxyl groups is 1. The maximum atomic E-state index is 12.9. The third kappa shape index (κ3) is 6.17. The number of hydrogen-bond donors (Lipinski definition) is 3. The SMILES string of the molecule is CN(c1cc(C(=O)N[C@H](CO)Cc2ccccc2)cc(NCC2CC2)n1)S(C)(=O)=O. The molecule has 0 saturated heterocycles. The van der Waals surface area contributed by atoms with Gasteiger partial charge in [0.05, 0.1) is 18.9 Å². The van der Waals surface area contributed by atoms with Gasteiger partial charge >= 0.3 is 0 Å². The summed E-state index contributed by atoms with van der Waals surface area (Å²) in [5, 5.41) is 15.7. The number of sulfonamides is 1. The molecular formula is C21H28N4O4S. The van der Waals surface area contributed by atoms with Crippen molar-refractivity contribution in [2.75, 3.05) is 36.1 Å². The summed E-state index contributed by atoms with van der Waals surface area (Å²) in [7, 11) is -2.13. The molecule has 1 amide bonds. The number of anilines is 2. The third-order valence-corrected chi connectivity index (χ3v) is 6.23. The summed E-state index contributed by atoms with van der Waals surface area (Å²) in [6, 6.07) is 12.2. The largest absolute Gasteiger partial charge is 0.394 e. The summed E-state index contributed by atoms with van der Waals surface area (Å²) >= 11 is 0. The first-order chi connectivity index (χ1) is 14.3. The predicted molar refractivity (Wildman–Crippen MR) is 117 cm³/mol. The number of nitrogens with zero attached hydrogens (tertiary/aromatic N) is 2. The highest BCUT2D eigenvalue weighted by Crippen LogP contribution is 2.29. The lowest BCUT2D eigenvalue weighted by Crippen LogP contribution is -2.39. The summed E-state index contributed by atoms with van der Waals surface area (Å²) in [5.41, 5.74) is 1.27. The van der Waals surface area contributed by atoms with E-state index in [-0.39, 0.29) is 18.0 Å². The summed E-state index contributed by atoms with van der Waals surface area (Å²) in [6.45, 7) is 0.516. The lowest BCUT2D eigenvalue weighted by Gasteiger charge is -2.20. The number of hydrogen-bond acceptors (Lipinski definition) is 6. The first-order valence-electron chi connectivity index (χ1n) is 9.91. The first-order valence-corrected chi connectivity index (χ1v) is 11.8. The molecule has 0 bridgehead atoms. The van der Waals surface area contributed by atoms with Crippen LogP contribution in [-0.2, 0) is 16.4 Å². The van der Waals surface area contributed by atoms with Gasteiger partial charge in [0, 0.05) is 19.2 Å². The van der Waals surface area contributed by atoms with Crippen molar-refractivity contribution >= 4 is 27.6 Å². The van der Waals surface area contributed by atoms with Crippen molar-refractivity contribution in [2.45, 2.75) is 25.3 Å². The van der Waals surface area contributed by atoms with Gasteiger partial charge in [0.25, 0.3) is 5.91 Å². The molecule has 1 aliphatic rings. The van der Waals surface area contributed by atoms with Gasteiger partial charge in [-0.1, -0.05) is 30.3 Å². The third-order valence-electron chi connectivity index (χ3n) is 5.04. The van der Waals surface area contributed by atoms with Crippen LogP contribution in [-0.4, -0.2) is 56.9 Å². The second-order valence-electron chi connectivity index (χ2n) is 7.70. The van der Waals surface area contributed by atoms with Crippen LogP contribution in [0.25, 0.3) is 0 Å². The van der Waals surface area contributed by atoms with Crippen LogP contribution >= 0.6 is 0 Å². The molecule has 1 aromatic heterocycles. The highest BCUT2D eigenvalue weighted by molar-refractivity contribution is 7.92. The Kier molecular flexibility index (Phi) is 6.94. The van der Waals surface area contributed by atoms with Crippen molar-refractivity contribution < 1.29 is 18.3 Å². The number of nitrogens with one attached hydrogen (secondary N) is 2. The lowest BCUT2D eigenvalue weighted by atomic mass is 10.1. The molecule has 8 nitrogen and oxygen atoms in total. The van der Waals surface area contributed by atoms with Gasteiger partial charge in [-0.3, -0.25) is 9.10 Å². The molecule has 162 valence electrons. The number of carbonyl (C=O) groups is 1. The number of aromatic nitrogens is 1. The zero-order valence-electron chi connectivity index (χ0n) is 17.2. The zero-order chi connectivity index (χ0) is 21.7. The van der Waals surface area contributed by atoms with E-state index in [0.717, 1.165) is 35.5 Å². The Morgan fingerprint density at radius 2 is 1.97 bits per heavy atom. The maximum Gasteiger partial charge on any atom is 0.251 e. The van der Waals surface area contributed by atoms with E-state index in [1.54, 1.807) is 6.07 Å². The fourth-order valence-electron chi connectivity index (χ4n) is 2.97. The molecule has 2 aromatic rings. The van der Waals surface area contributed by atoms with Crippen LogP contribution in [0.2, 0.25) is 0 Å². The standard InChI is InChI=1S/C21H28N4O4S/c1-25(30(2,28)29)20-12-17(11-19(24-20)22-13-16-8-9-16)21(27)23-18(14-26)10-15-6-4-3-5-7-15/h3-7,11-12,16,18,26H,8-10,13-14H2,1-2H3,(H,22,24)(H,23,27)/t18-/m0/s1. The van der Waals surface area contributed by atoms with Crippen molar-refractivity contribution in [3.63, 3.8) is 0 Å². The van der Waals surface area contributed by atoms with Gasteiger partial charge in [-0.25, -0.2) is 13.4 Å². The average Bonchev–Trinajstić information content (AvgIpc) is 3.55. The molecule has 0 aliphatic heterocycles. The average molecular weight is 433 g/mol. The van der Waals surface area contributed by atoms with Gasteiger partial charge in [-0.15, -0.1) is 0 Å². The van der Waals surface area contributed by atoms with E-state index < -0.39 is 22.0 Å². The molecule has 0 radical (unpaired) electrons. The lowest BCUT2D eigenvalue weighted by molar-refractivity contribution is 0.0916. The smallest absolute Gasteiger partial charge is 0.251 e. The van der Waals surface area contributed by atoms with Gasteiger partial charge in [0.15, 0.2) is 0 Å². The van der Waals surface area contributed by atoms with Crippen LogP contribution < -0.4 is 14.9 Å². The summed E-state index contributed by atoms with van der Waals surface area (Å²) in [6.07, 6.45) is 3.87. The van der Waals surface area contributed by atoms with Crippen molar-refractivity contribution in [1.29, 1.82) is 0 Å². The summed E-state index contributed by atoms with van der Waals surface area (Å²) in [4.78, 5) is 17.2. The summed E-state index contributed by atoms with van der Waals surface area (Å²) < 4.78 is 25.0. The molecule has 1 aromatic carbocycles. The molecule has 1 heterocycles. The van der Waals surface area contributed by atoms with Gasteiger partial charge < -0.3 is 15.7 Å². The van der Waals surface area contributed by atoms with Crippen LogP contribution in [0.1, 0.15) is 28.8 Å². The molecule has 1 atom stereocenters. The molecule has 1 saturated carbocycles. The fraction of sp³-hybridized carbons (Fsp3) is 0.429. The Bertz CT molecular complexity index is 978. The van der Waals surface area contributed by atoms with E-state index >= 15 is 0 Å². The number of carbonyl (C=O) groups excluding carboxylic acids is 1. The molecule has 0 unspecified atom stereocenters. The normalized spacial score (nSPS) is 14.8. The Morgan fingerprint density at radius 3 is 2.57 bits per heavy atom. The van der Waals surface area contributed by atoms with E-state index in [2.05, 4.69) is 15.6 Å². The van der Waals surface area contributed by atoms with Crippen LogP contribution in [0, 0.1) is 5.92 Å². The minimum Gasteiger partial charge on any atom is -0.394 e. The molecule has 1 aliphatic carbocycles. The topological polar surface area (TPSA) is 112 Å². The highest BCUT2D eigenvalue weighted by atomic mass is 32.2. The van der Waals surface area contributed by atoms with Gasteiger partial charge in [0.1, 0.15) is 11.6 Å². The first kappa shape index (κ1) is 22.0. The van der Waals surface area contributed by atoms with Crippen LogP contribution in [0.3, 0.4) is 0 Å². The summed E-state index contributed by atoms with van der Waals surface area (Å²) in [5.74, 6) is 0.797. The minimum absolute atomic E-state index is 0.159. The van der Waals surface area contributed by atoms with Gasteiger partial charge in [-0.2, -0.15) is 0 Å². The Morgan fingerprint density at radius 1 is 1.27 bits per heavy atom. The molecular weight excluding hydrogens is 404 g/mol. The molecule has 30 heavy (non-hydrogen) atoms. The molecule has 3 N–H and O–H groups in total. The number of benzene rings is 1. The molecule has 3 rings (SSSR count). The van der Waals surface area contributed by atoms with E-state index in [9.17, 15) is 18.3 Å². The zero-order valence-corrected chi connectivity index (χ0v) is 18.0. The number of rotatable bonds is 10. The Labute approximate surface area is 177 Å². The molecule has 9 heteroatoms. The number of aliphatic hydroxyl groups excluding tert-OH is 1. The number of pyridine rings is 1. The quantitative estimate of drug-likeness (QED) is 0.526. The highest BCUT2D eigenvalue weighted by Gasteiger charge is 2.23. The van der Waals surface area contributed by atoms with Crippen molar-refractivity contribution in [2.24, 2.45) is 5.92 Å². The van der Waals surface area contributed by atoms with E-state index in [0.29, 0.717) is 18.2 Å². The second-order valence-corrected chi connectivity index (χ2v) is 9.71.